The number of thiophene rings is 1. The number of benzene rings is 1. The maximum Gasteiger partial charge on any atom is 0.244 e. The van der Waals surface area contributed by atoms with E-state index in [0.29, 0.717) is 23.0 Å². The lowest BCUT2D eigenvalue weighted by Crippen LogP contribution is -2.21. The molecule has 0 radical (unpaired) electrons. The van der Waals surface area contributed by atoms with Crippen LogP contribution in [0.2, 0.25) is 0 Å². The summed E-state index contributed by atoms with van der Waals surface area (Å²) in [5, 5.41) is 19.0. The van der Waals surface area contributed by atoms with E-state index in [9.17, 15) is 5.26 Å². The fourth-order valence-electron chi connectivity index (χ4n) is 3.22. The van der Waals surface area contributed by atoms with Crippen molar-refractivity contribution in [3.05, 3.63) is 58.3 Å². The minimum Gasteiger partial charge on any atom is -0.493 e. The van der Waals surface area contributed by atoms with Crippen LogP contribution < -0.4 is 19.9 Å². The van der Waals surface area contributed by atoms with Crippen LogP contribution in [-0.4, -0.2) is 24.4 Å². The Hall–Kier alpha value is -3.44. The lowest BCUT2D eigenvalue weighted by atomic mass is 9.83. The van der Waals surface area contributed by atoms with E-state index in [1.54, 1.807) is 31.6 Å². The van der Waals surface area contributed by atoms with Gasteiger partial charge < -0.3 is 19.9 Å². The van der Waals surface area contributed by atoms with Crippen molar-refractivity contribution in [2.24, 2.45) is 5.73 Å². The Bertz CT molecular complexity index is 1060. The molecule has 1 aliphatic heterocycles. The molecule has 3 heterocycles. The van der Waals surface area contributed by atoms with E-state index in [0.717, 1.165) is 21.7 Å². The van der Waals surface area contributed by atoms with E-state index in [2.05, 4.69) is 16.3 Å². The third-order valence-electron chi connectivity index (χ3n) is 4.45. The van der Waals surface area contributed by atoms with E-state index in [4.69, 9.17) is 19.9 Å². The first-order valence-corrected chi connectivity index (χ1v) is 8.97. The van der Waals surface area contributed by atoms with Crippen LogP contribution in [-0.2, 0) is 0 Å². The van der Waals surface area contributed by atoms with E-state index in [1.165, 1.54) is 0 Å². The van der Waals surface area contributed by atoms with Crippen molar-refractivity contribution in [3.8, 4) is 34.0 Å². The Morgan fingerprint density at radius 3 is 2.74 bits per heavy atom. The van der Waals surface area contributed by atoms with E-state index in [1.807, 2.05) is 29.6 Å². The molecule has 3 N–H and O–H groups in total. The van der Waals surface area contributed by atoms with Crippen LogP contribution >= 0.6 is 11.3 Å². The summed E-state index contributed by atoms with van der Waals surface area (Å²) >= 11 is 1.57. The van der Waals surface area contributed by atoms with Crippen molar-refractivity contribution < 1.29 is 14.2 Å². The molecule has 4 rings (SSSR count). The van der Waals surface area contributed by atoms with Gasteiger partial charge in [0.15, 0.2) is 11.5 Å². The standard InChI is InChI=1S/C19H16N4O3S/c1-24-12-6-5-10(8-13(12)25-2)15-11(9-20)18(21)26-19-16(15)17(22-23-19)14-4-3-7-27-14/h3-8,15H,21H2,1-2H3,(H,22,23)/t15-/m1/s1. The van der Waals surface area contributed by atoms with Crippen molar-refractivity contribution in [1.82, 2.24) is 10.2 Å². The minimum absolute atomic E-state index is 0.0500. The number of hydrogen-bond acceptors (Lipinski definition) is 7. The van der Waals surface area contributed by atoms with Gasteiger partial charge in [0.05, 0.1) is 36.3 Å². The lowest BCUT2D eigenvalue weighted by molar-refractivity contribution is 0.354. The van der Waals surface area contributed by atoms with Crippen LogP contribution in [0.4, 0.5) is 0 Å². The molecule has 7 nitrogen and oxygen atoms in total. The second-order valence-electron chi connectivity index (χ2n) is 5.83. The Labute approximate surface area is 159 Å². The van der Waals surface area contributed by atoms with Gasteiger partial charge in [-0.1, -0.05) is 12.1 Å². The van der Waals surface area contributed by atoms with Crippen molar-refractivity contribution in [3.63, 3.8) is 0 Å². The molecule has 0 aliphatic carbocycles. The highest BCUT2D eigenvalue weighted by Crippen LogP contribution is 2.47. The van der Waals surface area contributed by atoms with Crippen LogP contribution in [0.25, 0.3) is 10.6 Å². The number of nitrogens with one attached hydrogen (secondary N) is 1. The van der Waals surface area contributed by atoms with Gasteiger partial charge in [-0.25, -0.2) is 0 Å². The summed E-state index contributed by atoms with van der Waals surface area (Å²) in [7, 11) is 3.15. The average molecular weight is 380 g/mol. The van der Waals surface area contributed by atoms with Gasteiger partial charge in [-0.2, -0.15) is 5.26 Å². The zero-order valence-electron chi connectivity index (χ0n) is 14.6. The number of fused-ring (bicyclic) bond motifs is 1. The predicted octanol–water partition coefficient (Wildman–Crippen LogP) is 3.37. The Kier molecular flexibility index (Phi) is 4.22. The molecule has 136 valence electrons. The first-order valence-electron chi connectivity index (χ1n) is 8.09. The third kappa shape index (κ3) is 2.69. The molecule has 1 aromatic carbocycles. The molecule has 1 atom stereocenters. The number of allylic oxidation sites excluding steroid dienone is 1. The number of methoxy groups -OCH3 is 2. The van der Waals surface area contributed by atoms with Crippen LogP contribution in [0.3, 0.4) is 0 Å². The van der Waals surface area contributed by atoms with Crippen molar-refractivity contribution in [1.29, 1.82) is 5.26 Å². The molecule has 0 bridgehead atoms. The SMILES string of the molecule is COc1ccc([C@@H]2C(C#N)=C(N)Oc3n[nH]c(-c4cccs4)c32)cc1OC. The number of nitrogens with zero attached hydrogens (tertiary/aromatic N) is 2. The van der Waals surface area contributed by atoms with Gasteiger partial charge in [-0.3, -0.25) is 5.10 Å². The highest BCUT2D eigenvalue weighted by molar-refractivity contribution is 7.13. The number of hydrogen-bond donors (Lipinski definition) is 2. The molecule has 27 heavy (non-hydrogen) atoms. The molecule has 3 aromatic rings. The molecule has 2 aromatic heterocycles. The third-order valence-corrected chi connectivity index (χ3v) is 5.33. The zero-order valence-corrected chi connectivity index (χ0v) is 15.5. The van der Waals surface area contributed by atoms with Crippen molar-refractivity contribution in [2.75, 3.05) is 14.2 Å². The fourth-order valence-corrected chi connectivity index (χ4v) is 3.95. The summed E-state index contributed by atoms with van der Waals surface area (Å²) in [6, 6.07) is 11.7. The van der Waals surface area contributed by atoms with Gasteiger partial charge in [0.25, 0.3) is 0 Å². The van der Waals surface area contributed by atoms with Gasteiger partial charge in [0.2, 0.25) is 11.8 Å². The first-order chi connectivity index (χ1) is 13.2. The normalized spacial score (nSPS) is 15.7. The maximum atomic E-state index is 9.75. The number of nitriles is 1. The highest BCUT2D eigenvalue weighted by Gasteiger charge is 2.36. The number of ether oxygens (including phenoxy) is 3. The number of nitrogens with two attached hydrogens (primary N) is 1. The van der Waals surface area contributed by atoms with E-state index < -0.39 is 5.92 Å². The number of aromatic amines is 1. The minimum atomic E-state index is -0.436. The van der Waals surface area contributed by atoms with Gasteiger partial charge in [-0.05, 0) is 29.1 Å². The summed E-state index contributed by atoms with van der Waals surface area (Å²) in [4.78, 5) is 0.996. The monoisotopic (exact) mass is 380 g/mol. The Morgan fingerprint density at radius 2 is 2.07 bits per heavy atom. The summed E-state index contributed by atoms with van der Waals surface area (Å²) in [5.74, 6) is 1.16. The van der Waals surface area contributed by atoms with Gasteiger partial charge >= 0.3 is 0 Å². The zero-order chi connectivity index (χ0) is 19.0. The van der Waals surface area contributed by atoms with Crippen molar-refractivity contribution >= 4 is 11.3 Å². The summed E-state index contributed by atoms with van der Waals surface area (Å²) in [5.41, 5.74) is 8.75. The van der Waals surface area contributed by atoms with E-state index in [-0.39, 0.29) is 5.88 Å². The van der Waals surface area contributed by atoms with Crippen molar-refractivity contribution in [2.45, 2.75) is 5.92 Å². The number of H-pyrrole nitrogens is 1. The first kappa shape index (κ1) is 17.0. The number of aromatic nitrogens is 2. The quantitative estimate of drug-likeness (QED) is 0.719. The predicted molar refractivity (Wildman–Crippen MR) is 101 cm³/mol. The lowest BCUT2D eigenvalue weighted by Gasteiger charge is -2.24. The molecule has 1 aliphatic rings. The summed E-state index contributed by atoms with van der Waals surface area (Å²) < 4.78 is 16.4. The van der Waals surface area contributed by atoms with E-state index >= 15 is 0 Å². The molecule has 0 spiro atoms. The molecule has 0 amide bonds. The average Bonchev–Trinajstić information content (AvgIpc) is 3.35. The van der Waals surface area contributed by atoms with Gasteiger partial charge in [0, 0.05) is 0 Å². The molecule has 0 saturated carbocycles. The van der Waals surface area contributed by atoms with Crippen LogP contribution in [0, 0.1) is 11.3 Å². The molecule has 0 unspecified atom stereocenters. The smallest absolute Gasteiger partial charge is 0.244 e. The Morgan fingerprint density at radius 1 is 1.26 bits per heavy atom. The van der Waals surface area contributed by atoms with Gasteiger partial charge in [0.1, 0.15) is 11.6 Å². The second kappa shape index (κ2) is 6.70. The molecule has 0 fully saturated rings. The summed E-state index contributed by atoms with van der Waals surface area (Å²) in [6.07, 6.45) is 0. The number of rotatable bonds is 4. The highest BCUT2D eigenvalue weighted by atomic mass is 32.1. The molecule has 8 heteroatoms. The molecular formula is C19H16N4O3S. The molecule has 0 saturated heterocycles. The topological polar surface area (TPSA) is 106 Å². The van der Waals surface area contributed by atoms with Crippen LogP contribution in [0.15, 0.2) is 47.2 Å². The fraction of sp³-hybridized carbons (Fsp3) is 0.158. The maximum absolute atomic E-state index is 9.75. The van der Waals surface area contributed by atoms with Crippen LogP contribution in [0.5, 0.6) is 17.4 Å². The Balaban J connectivity index is 1.94. The second-order valence-corrected chi connectivity index (χ2v) is 6.78. The van der Waals surface area contributed by atoms with Crippen LogP contribution in [0.1, 0.15) is 17.0 Å². The summed E-state index contributed by atoms with van der Waals surface area (Å²) in [6.45, 7) is 0. The largest absolute Gasteiger partial charge is 0.493 e. The molecular weight excluding hydrogens is 364 g/mol. The van der Waals surface area contributed by atoms with Gasteiger partial charge in [-0.15, -0.1) is 16.4 Å².